The zero-order valence-electron chi connectivity index (χ0n) is 23.1. The molecule has 38 heavy (non-hydrogen) atoms. The molecular weight excluding hydrogens is 488 g/mol. The lowest BCUT2D eigenvalue weighted by molar-refractivity contribution is -0.126. The molecular formula is C29H40N2O7. The summed E-state index contributed by atoms with van der Waals surface area (Å²) in [6.45, 7) is 5.52. The largest absolute Gasteiger partial charge is 0.506 e. The molecule has 2 aromatic rings. The second kappa shape index (κ2) is 17.6. The summed E-state index contributed by atoms with van der Waals surface area (Å²) in [5.74, 6) is 1.20. The second-order valence-electron chi connectivity index (χ2n) is 8.24. The number of nitrogens with zero attached hydrogens (tertiary/aromatic N) is 1. The number of nitrogens with one attached hydrogen (secondary N) is 1. The lowest BCUT2D eigenvalue weighted by atomic mass is 9.95. The van der Waals surface area contributed by atoms with Gasteiger partial charge in [-0.1, -0.05) is 26.3 Å². The predicted octanol–water partition coefficient (Wildman–Crippen LogP) is 4.53. The quantitative estimate of drug-likeness (QED) is 0.279. The number of ether oxygens (including phenoxy) is 4. The Kier molecular flexibility index (Phi) is 15.0. The molecule has 0 spiro atoms. The number of hydrogen-bond acceptors (Lipinski definition) is 8. The molecule has 9 nitrogen and oxygen atoms in total. The fourth-order valence-electron chi connectivity index (χ4n) is 3.82. The molecule has 0 aliphatic carbocycles. The Morgan fingerprint density at radius 2 is 1.76 bits per heavy atom. The summed E-state index contributed by atoms with van der Waals surface area (Å²) in [4.78, 5) is 30.2. The van der Waals surface area contributed by atoms with Crippen LogP contribution in [-0.4, -0.2) is 62.9 Å². The van der Waals surface area contributed by atoms with Crippen LogP contribution in [0.25, 0.3) is 11.1 Å². The first-order valence-corrected chi connectivity index (χ1v) is 12.6. The van der Waals surface area contributed by atoms with Crippen molar-refractivity contribution >= 4 is 11.7 Å². The van der Waals surface area contributed by atoms with Crippen LogP contribution in [0.2, 0.25) is 0 Å². The molecule has 2 heterocycles. The van der Waals surface area contributed by atoms with Crippen molar-refractivity contribution < 1.29 is 28.8 Å². The smallest absolute Gasteiger partial charge is 0.264 e. The van der Waals surface area contributed by atoms with Gasteiger partial charge in [0.2, 0.25) is 5.90 Å². The van der Waals surface area contributed by atoms with Crippen LogP contribution in [0.5, 0.6) is 17.2 Å². The topological polar surface area (TPSA) is 119 Å². The molecule has 1 aromatic carbocycles. The lowest BCUT2D eigenvalue weighted by Gasteiger charge is -2.19. The molecule has 0 atom stereocenters. The van der Waals surface area contributed by atoms with E-state index >= 15 is 0 Å². The monoisotopic (exact) mass is 528 g/mol. The number of aromatic amines is 1. The van der Waals surface area contributed by atoms with Crippen molar-refractivity contribution in [2.24, 2.45) is 4.99 Å². The Hall–Kier alpha value is -3.77. The Bertz CT molecular complexity index is 1110. The maximum absolute atomic E-state index is 12.8. The number of Topliss-reactive ketones (excluding diaryl/α,β-unsaturated/α-hetero) is 1. The minimum Gasteiger partial charge on any atom is -0.506 e. The lowest BCUT2D eigenvalue weighted by Crippen LogP contribution is -2.23. The van der Waals surface area contributed by atoms with E-state index in [0.29, 0.717) is 48.0 Å². The molecule has 0 bridgehead atoms. The third-order valence-electron chi connectivity index (χ3n) is 5.59. The number of aliphatic imine (C=N–C) groups is 1. The molecule has 1 aliphatic heterocycles. The fraction of sp³-hybridized carbons (Fsp3) is 0.483. The summed E-state index contributed by atoms with van der Waals surface area (Å²) in [5, 5.41) is 11.3. The van der Waals surface area contributed by atoms with Crippen molar-refractivity contribution in [3.63, 3.8) is 0 Å². The Morgan fingerprint density at radius 3 is 2.21 bits per heavy atom. The van der Waals surface area contributed by atoms with Crippen LogP contribution in [0.15, 0.2) is 28.0 Å². The van der Waals surface area contributed by atoms with Crippen molar-refractivity contribution in [2.75, 3.05) is 41.1 Å². The number of carbonyl (C=O) groups is 1. The van der Waals surface area contributed by atoms with Crippen LogP contribution < -0.4 is 15.0 Å². The predicted molar refractivity (Wildman–Crippen MR) is 150 cm³/mol. The number of aromatic hydroxyl groups is 1. The second-order valence-corrected chi connectivity index (χ2v) is 8.24. The highest BCUT2D eigenvalue weighted by molar-refractivity contribution is 6.00. The van der Waals surface area contributed by atoms with Crippen molar-refractivity contribution in [3.8, 4) is 41.2 Å². The van der Waals surface area contributed by atoms with E-state index in [-0.39, 0.29) is 23.0 Å². The van der Waals surface area contributed by atoms with Gasteiger partial charge in [-0.3, -0.25) is 14.6 Å². The van der Waals surface area contributed by atoms with Crippen molar-refractivity contribution in [1.29, 1.82) is 0 Å². The summed E-state index contributed by atoms with van der Waals surface area (Å²) in [6, 6.07) is 5.38. The van der Waals surface area contributed by atoms with Gasteiger partial charge in [0.05, 0.1) is 32.0 Å². The number of hydrogen-bond donors (Lipinski definition) is 2. The van der Waals surface area contributed by atoms with E-state index in [2.05, 4.69) is 29.7 Å². The minimum atomic E-state index is -0.442. The van der Waals surface area contributed by atoms with Gasteiger partial charge in [-0.05, 0) is 37.8 Å². The maximum Gasteiger partial charge on any atom is 0.264 e. The van der Waals surface area contributed by atoms with Crippen LogP contribution >= 0.6 is 0 Å². The zero-order valence-corrected chi connectivity index (χ0v) is 23.1. The molecule has 1 saturated heterocycles. The number of unbranched alkanes of at least 4 members (excludes halogenated alkanes) is 1. The first-order valence-electron chi connectivity index (χ1n) is 12.6. The molecule has 1 aliphatic rings. The van der Waals surface area contributed by atoms with Gasteiger partial charge in [0.25, 0.3) is 5.56 Å². The van der Waals surface area contributed by atoms with E-state index in [9.17, 15) is 14.7 Å². The number of rotatable bonds is 9. The molecule has 0 saturated carbocycles. The van der Waals surface area contributed by atoms with E-state index < -0.39 is 5.56 Å². The number of terminal acetylenes is 1. The molecule has 9 heteroatoms. The van der Waals surface area contributed by atoms with Crippen LogP contribution in [0, 0.1) is 12.8 Å². The SMILES string of the molecule is C#C.CCCCc1[nH]c(=O)c(C(=NC)OCCC)c(O)c1-c1c(OC)cccc1OC.O=C1CCCOC1. The van der Waals surface area contributed by atoms with E-state index in [1.165, 1.54) is 7.05 Å². The number of benzene rings is 1. The van der Waals surface area contributed by atoms with Crippen molar-refractivity contribution in [3.05, 3.63) is 39.8 Å². The van der Waals surface area contributed by atoms with Gasteiger partial charge in [0, 0.05) is 25.8 Å². The summed E-state index contributed by atoms with van der Waals surface area (Å²) in [7, 11) is 4.63. The van der Waals surface area contributed by atoms with Crippen LogP contribution in [0.4, 0.5) is 0 Å². The number of pyridine rings is 1. The molecule has 0 amide bonds. The van der Waals surface area contributed by atoms with Crippen LogP contribution in [-0.2, 0) is 20.7 Å². The van der Waals surface area contributed by atoms with Crippen LogP contribution in [0.3, 0.4) is 0 Å². The third-order valence-corrected chi connectivity index (χ3v) is 5.59. The highest BCUT2D eigenvalue weighted by atomic mass is 16.5. The van der Waals surface area contributed by atoms with Crippen LogP contribution in [0.1, 0.15) is 57.2 Å². The molecule has 1 aromatic heterocycles. The number of aryl methyl sites for hydroxylation is 1. The third kappa shape index (κ3) is 8.67. The van der Waals surface area contributed by atoms with E-state index in [0.717, 1.165) is 38.7 Å². The summed E-state index contributed by atoms with van der Waals surface area (Å²) < 4.78 is 21.5. The first-order chi connectivity index (χ1) is 18.4. The maximum atomic E-state index is 12.8. The number of carbonyl (C=O) groups excluding carboxylic acids is 1. The molecule has 3 rings (SSSR count). The van der Waals surface area contributed by atoms with E-state index in [1.54, 1.807) is 32.4 Å². The van der Waals surface area contributed by atoms with Crippen molar-refractivity contribution in [1.82, 2.24) is 4.98 Å². The van der Waals surface area contributed by atoms with Gasteiger partial charge in [-0.15, -0.1) is 12.8 Å². The molecule has 0 unspecified atom stereocenters. The summed E-state index contributed by atoms with van der Waals surface area (Å²) in [5.41, 5.74) is 1.21. The average Bonchev–Trinajstić information content (AvgIpc) is 2.95. The van der Waals surface area contributed by atoms with E-state index in [4.69, 9.17) is 18.9 Å². The van der Waals surface area contributed by atoms with E-state index in [1.807, 2.05) is 6.92 Å². The van der Waals surface area contributed by atoms with Gasteiger partial charge in [-0.25, -0.2) is 0 Å². The Balaban J connectivity index is 0.000000682. The normalized spacial score (nSPS) is 12.9. The van der Waals surface area contributed by atoms with Gasteiger partial charge in [0.15, 0.2) is 5.78 Å². The molecule has 0 radical (unpaired) electrons. The summed E-state index contributed by atoms with van der Waals surface area (Å²) >= 11 is 0. The van der Waals surface area contributed by atoms with Gasteiger partial charge >= 0.3 is 0 Å². The Morgan fingerprint density at radius 1 is 1.11 bits per heavy atom. The summed E-state index contributed by atoms with van der Waals surface area (Å²) in [6.07, 6.45) is 12.8. The van der Waals surface area contributed by atoms with Gasteiger partial charge in [0.1, 0.15) is 29.4 Å². The zero-order chi connectivity index (χ0) is 28.5. The van der Waals surface area contributed by atoms with Gasteiger partial charge < -0.3 is 29.0 Å². The number of H-pyrrole nitrogens is 1. The minimum absolute atomic E-state index is 0.00385. The first kappa shape index (κ1) is 32.3. The van der Waals surface area contributed by atoms with Crippen molar-refractivity contribution in [2.45, 2.75) is 52.4 Å². The highest BCUT2D eigenvalue weighted by Gasteiger charge is 2.26. The fourth-order valence-corrected chi connectivity index (χ4v) is 3.82. The molecule has 1 fully saturated rings. The average molecular weight is 529 g/mol. The number of aromatic nitrogens is 1. The standard InChI is InChI=1S/C22H30N2O5.C5H8O2.C2H2/c1-6-8-10-14-17(18-15(27-4)11-9-12-16(18)28-5)20(25)19(21(26)24-14)22(23-3)29-13-7-2;6-5-2-1-3-7-4-5;1-2/h9,11-12H,6-8,10,13H2,1-5H3,(H2,24,25,26);1-4H2;1-2H. The molecule has 2 N–H and O–H groups in total. The highest BCUT2D eigenvalue weighted by Crippen LogP contribution is 2.44. The number of methoxy groups -OCH3 is 2. The Labute approximate surface area is 225 Å². The number of ketones is 1. The molecule has 208 valence electrons. The van der Waals surface area contributed by atoms with Gasteiger partial charge in [-0.2, -0.15) is 0 Å².